The van der Waals surface area contributed by atoms with Gasteiger partial charge in [0.15, 0.2) is 5.82 Å². The van der Waals surface area contributed by atoms with Crippen LogP contribution in [0.15, 0.2) is 49.3 Å². The summed E-state index contributed by atoms with van der Waals surface area (Å²) < 4.78 is 1.61. The number of amides is 1. The molecule has 9 nitrogen and oxygen atoms in total. The first-order chi connectivity index (χ1) is 15.7. The van der Waals surface area contributed by atoms with Crippen molar-refractivity contribution in [2.75, 3.05) is 49.1 Å². The summed E-state index contributed by atoms with van der Waals surface area (Å²) in [6.45, 7) is 4.54. The highest BCUT2D eigenvalue weighted by molar-refractivity contribution is 6.33. The third kappa shape index (κ3) is 4.25. The minimum atomic E-state index is -0.0274. The molecule has 1 unspecified atom stereocenters. The van der Waals surface area contributed by atoms with Gasteiger partial charge >= 0.3 is 0 Å². The minimum Gasteiger partial charge on any atom is -0.367 e. The molecule has 2 aromatic heterocycles. The second kappa shape index (κ2) is 9.12. The molecule has 2 fully saturated rings. The van der Waals surface area contributed by atoms with Gasteiger partial charge in [-0.2, -0.15) is 5.10 Å². The standard InChI is InChI=1S/C22H25ClN8O/c23-18-5-1-2-6-19(18)28-8-10-29(11-9-28)22(32)17-4-3-7-30(13-17)20-12-21(26-15-25-20)31-16-24-14-27-31/h1-2,5-6,12,14-17H,3-4,7-11,13H2. The van der Waals surface area contributed by atoms with Crippen LogP contribution in [0.25, 0.3) is 5.82 Å². The molecule has 0 spiro atoms. The highest BCUT2D eigenvalue weighted by Gasteiger charge is 2.32. The Balaban J connectivity index is 1.22. The minimum absolute atomic E-state index is 0.0274. The Labute approximate surface area is 191 Å². The molecule has 32 heavy (non-hydrogen) atoms. The molecule has 0 radical (unpaired) electrons. The van der Waals surface area contributed by atoms with Gasteiger partial charge < -0.3 is 14.7 Å². The van der Waals surface area contributed by atoms with Gasteiger partial charge in [-0.05, 0) is 25.0 Å². The van der Waals surface area contributed by atoms with Crippen LogP contribution in [0.2, 0.25) is 5.02 Å². The average Bonchev–Trinajstić information content (AvgIpc) is 3.40. The molecule has 1 amide bonds. The summed E-state index contributed by atoms with van der Waals surface area (Å²) in [5.74, 6) is 1.68. The molecule has 2 aliphatic rings. The van der Waals surface area contributed by atoms with Crippen LogP contribution in [0.1, 0.15) is 12.8 Å². The monoisotopic (exact) mass is 452 g/mol. The molecule has 10 heteroatoms. The molecule has 3 aromatic rings. The number of para-hydroxylation sites is 1. The van der Waals surface area contributed by atoms with Gasteiger partial charge in [0.25, 0.3) is 0 Å². The number of hydrogen-bond donors (Lipinski definition) is 0. The second-order valence-corrected chi connectivity index (χ2v) is 8.53. The second-order valence-electron chi connectivity index (χ2n) is 8.12. The maximum absolute atomic E-state index is 13.3. The topological polar surface area (TPSA) is 83.3 Å². The first-order valence-electron chi connectivity index (χ1n) is 10.9. The quantitative estimate of drug-likeness (QED) is 0.600. The van der Waals surface area contributed by atoms with Crippen LogP contribution < -0.4 is 9.80 Å². The Morgan fingerprint density at radius 2 is 1.78 bits per heavy atom. The van der Waals surface area contributed by atoms with E-state index < -0.39 is 0 Å². The largest absolute Gasteiger partial charge is 0.367 e. The van der Waals surface area contributed by atoms with E-state index in [-0.39, 0.29) is 11.8 Å². The smallest absolute Gasteiger partial charge is 0.227 e. The first-order valence-corrected chi connectivity index (χ1v) is 11.3. The zero-order valence-corrected chi connectivity index (χ0v) is 18.5. The summed E-state index contributed by atoms with van der Waals surface area (Å²) in [4.78, 5) is 32.4. The molecule has 166 valence electrons. The van der Waals surface area contributed by atoms with Crippen LogP contribution in [0, 0.1) is 5.92 Å². The molecular formula is C22H25ClN8O. The third-order valence-electron chi connectivity index (χ3n) is 6.17. The van der Waals surface area contributed by atoms with Crippen molar-refractivity contribution in [3.63, 3.8) is 0 Å². The fourth-order valence-corrected chi connectivity index (χ4v) is 4.74. The first kappa shape index (κ1) is 20.7. The number of aromatic nitrogens is 5. The van der Waals surface area contributed by atoms with Crippen molar-refractivity contribution in [1.82, 2.24) is 29.6 Å². The van der Waals surface area contributed by atoms with Gasteiger partial charge in [-0.3, -0.25) is 4.79 Å². The van der Waals surface area contributed by atoms with Crippen molar-refractivity contribution >= 4 is 29.0 Å². The lowest BCUT2D eigenvalue weighted by Crippen LogP contribution is -2.52. The van der Waals surface area contributed by atoms with E-state index in [1.165, 1.54) is 12.7 Å². The van der Waals surface area contributed by atoms with Gasteiger partial charge in [-0.15, -0.1) is 0 Å². The lowest BCUT2D eigenvalue weighted by molar-refractivity contribution is -0.136. The average molecular weight is 453 g/mol. The molecule has 0 bridgehead atoms. The van der Waals surface area contributed by atoms with E-state index in [9.17, 15) is 4.79 Å². The summed E-state index contributed by atoms with van der Waals surface area (Å²) >= 11 is 6.35. The summed E-state index contributed by atoms with van der Waals surface area (Å²) in [7, 11) is 0. The van der Waals surface area contributed by atoms with Gasteiger partial charge in [0, 0.05) is 45.3 Å². The molecule has 5 rings (SSSR count). The SMILES string of the molecule is O=C(C1CCCN(c2cc(-n3cncn3)ncn2)C1)N1CCN(c2ccccc2Cl)CC1. The van der Waals surface area contributed by atoms with Crippen LogP contribution in [-0.4, -0.2) is 74.8 Å². The summed E-state index contributed by atoms with van der Waals surface area (Å²) in [6, 6.07) is 9.77. The maximum atomic E-state index is 13.3. The van der Waals surface area contributed by atoms with Crippen LogP contribution >= 0.6 is 11.6 Å². The van der Waals surface area contributed by atoms with Crippen LogP contribution in [-0.2, 0) is 4.79 Å². The summed E-state index contributed by atoms with van der Waals surface area (Å²) in [6.07, 6.45) is 6.48. The van der Waals surface area contributed by atoms with Crippen molar-refractivity contribution in [3.8, 4) is 5.82 Å². The van der Waals surface area contributed by atoms with Crippen molar-refractivity contribution in [2.45, 2.75) is 12.8 Å². The molecule has 0 N–H and O–H groups in total. The van der Waals surface area contributed by atoms with Crippen molar-refractivity contribution in [1.29, 1.82) is 0 Å². The van der Waals surface area contributed by atoms with E-state index >= 15 is 0 Å². The van der Waals surface area contributed by atoms with Crippen molar-refractivity contribution < 1.29 is 4.79 Å². The van der Waals surface area contributed by atoms with Crippen molar-refractivity contribution in [2.24, 2.45) is 5.92 Å². The number of nitrogens with zero attached hydrogens (tertiary/aromatic N) is 8. The number of anilines is 2. The number of hydrogen-bond acceptors (Lipinski definition) is 7. The summed E-state index contributed by atoms with van der Waals surface area (Å²) in [5, 5.41) is 4.89. The van der Waals surface area contributed by atoms with E-state index in [1.807, 2.05) is 35.2 Å². The number of benzene rings is 1. The number of piperidine rings is 1. The number of rotatable bonds is 4. The Kier molecular flexibility index (Phi) is 5.89. The van der Waals surface area contributed by atoms with E-state index in [0.717, 1.165) is 49.0 Å². The van der Waals surface area contributed by atoms with Crippen LogP contribution in [0.3, 0.4) is 0 Å². The van der Waals surface area contributed by atoms with Crippen molar-refractivity contribution in [3.05, 3.63) is 54.3 Å². The highest BCUT2D eigenvalue weighted by Crippen LogP contribution is 2.28. The fourth-order valence-electron chi connectivity index (χ4n) is 4.48. The number of piperazine rings is 1. The molecule has 2 saturated heterocycles. The summed E-state index contributed by atoms with van der Waals surface area (Å²) in [5.41, 5.74) is 1.04. The molecule has 0 aliphatic carbocycles. The maximum Gasteiger partial charge on any atom is 0.227 e. The van der Waals surface area contributed by atoms with E-state index in [0.29, 0.717) is 25.5 Å². The predicted molar refractivity (Wildman–Crippen MR) is 122 cm³/mol. The predicted octanol–water partition coefficient (Wildman–Crippen LogP) is 2.28. The van der Waals surface area contributed by atoms with E-state index in [4.69, 9.17) is 11.6 Å². The molecular weight excluding hydrogens is 428 g/mol. The van der Waals surface area contributed by atoms with E-state index in [1.54, 1.807) is 11.0 Å². The Bertz CT molecular complexity index is 1070. The Morgan fingerprint density at radius 1 is 0.969 bits per heavy atom. The van der Waals surface area contributed by atoms with Gasteiger partial charge in [0.2, 0.25) is 5.91 Å². The Morgan fingerprint density at radius 3 is 2.56 bits per heavy atom. The molecule has 0 saturated carbocycles. The molecule has 2 aliphatic heterocycles. The highest BCUT2D eigenvalue weighted by atomic mass is 35.5. The van der Waals surface area contributed by atoms with Gasteiger partial charge in [0.05, 0.1) is 16.6 Å². The zero-order valence-electron chi connectivity index (χ0n) is 17.7. The molecule has 1 atom stereocenters. The Hall–Kier alpha value is -3.20. The lowest BCUT2D eigenvalue weighted by Gasteiger charge is -2.40. The number of carbonyl (C=O) groups is 1. The van der Waals surface area contributed by atoms with Crippen LogP contribution in [0.4, 0.5) is 11.5 Å². The van der Waals surface area contributed by atoms with Gasteiger partial charge in [-0.1, -0.05) is 23.7 Å². The van der Waals surface area contributed by atoms with Gasteiger partial charge in [0.1, 0.15) is 24.8 Å². The lowest BCUT2D eigenvalue weighted by atomic mass is 9.96. The van der Waals surface area contributed by atoms with Gasteiger partial charge in [-0.25, -0.2) is 19.6 Å². The molecule has 1 aromatic carbocycles. The van der Waals surface area contributed by atoms with Crippen LogP contribution in [0.5, 0.6) is 0 Å². The zero-order chi connectivity index (χ0) is 21.9. The molecule has 4 heterocycles. The normalized spacial score (nSPS) is 19.3. The fraction of sp³-hybridized carbons (Fsp3) is 0.409. The van der Waals surface area contributed by atoms with E-state index in [2.05, 4.69) is 29.9 Å². The third-order valence-corrected chi connectivity index (χ3v) is 6.49. The number of halogens is 1. The number of carbonyl (C=O) groups excluding carboxylic acids is 1.